The SMILES string of the molecule is Cc1ccc(-c2ccc3nc(C)[nH]c3c2)cc1. The molecule has 0 atom stereocenters. The molecule has 3 rings (SSSR count). The van der Waals surface area contributed by atoms with Crippen molar-refractivity contribution >= 4 is 11.0 Å². The zero-order valence-electron chi connectivity index (χ0n) is 9.99. The number of hydrogen-bond donors (Lipinski definition) is 1. The highest BCUT2D eigenvalue weighted by atomic mass is 14.9. The Hall–Kier alpha value is -2.09. The molecule has 0 saturated heterocycles. The number of aryl methyl sites for hydroxylation is 2. The maximum Gasteiger partial charge on any atom is 0.104 e. The van der Waals surface area contributed by atoms with Gasteiger partial charge in [0.1, 0.15) is 5.82 Å². The fraction of sp³-hybridized carbons (Fsp3) is 0.133. The molecule has 2 aromatic carbocycles. The van der Waals surface area contributed by atoms with Crippen LogP contribution in [-0.4, -0.2) is 9.97 Å². The summed E-state index contributed by atoms with van der Waals surface area (Å²) < 4.78 is 0. The van der Waals surface area contributed by atoms with Crippen molar-refractivity contribution in [3.63, 3.8) is 0 Å². The third-order valence-corrected chi connectivity index (χ3v) is 2.99. The lowest BCUT2D eigenvalue weighted by Crippen LogP contribution is -1.79. The van der Waals surface area contributed by atoms with Crippen LogP contribution in [0, 0.1) is 13.8 Å². The predicted molar refractivity (Wildman–Crippen MR) is 71.0 cm³/mol. The summed E-state index contributed by atoms with van der Waals surface area (Å²) >= 11 is 0. The molecule has 0 saturated carbocycles. The minimum absolute atomic E-state index is 0.959. The van der Waals surface area contributed by atoms with Gasteiger partial charge in [-0.3, -0.25) is 0 Å². The van der Waals surface area contributed by atoms with Gasteiger partial charge >= 0.3 is 0 Å². The summed E-state index contributed by atoms with van der Waals surface area (Å²) in [5, 5.41) is 0. The van der Waals surface area contributed by atoms with Gasteiger partial charge in [0.25, 0.3) is 0 Å². The van der Waals surface area contributed by atoms with E-state index in [9.17, 15) is 0 Å². The lowest BCUT2D eigenvalue weighted by molar-refractivity contribution is 1.17. The smallest absolute Gasteiger partial charge is 0.104 e. The van der Waals surface area contributed by atoms with Crippen LogP contribution < -0.4 is 0 Å². The second-order valence-electron chi connectivity index (χ2n) is 4.42. The molecule has 0 aliphatic rings. The molecule has 0 amide bonds. The minimum atomic E-state index is 0.959. The molecule has 0 fully saturated rings. The molecule has 0 unspecified atom stereocenters. The summed E-state index contributed by atoms with van der Waals surface area (Å²) in [4.78, 5) is 7.68. The third kappa shape index (κ3) is 1.82. The summed E-state index contributed by atoms with van der Waals surface area (Å²) in [5.74, 6) is 0.959. The summed E-state index contributed by atoms with van der Waals surface area (Å²) in [6.45, 7) is 4.08. The van der Waals surface area contributed by atoms with Crippen molar-refractivity contribution in [1.82, 2.24) is 9.97 Å². The van der Waals surface area contributed by atoms with E-state index in [2.05, 4.69) is 59.4 Å². The van der Waals surface area contributed by atoms with Gasteiger partial charge < -0.3 is 4.98 Å². The molecule has 0 bridgehead atoms. The first-order valence-electron chi connectivity index (χ1n) is 5.76. The number of aromatic amines is 1. The van der Waals surface area contributed by atoms with Crippen LogP contribution in [0.3, 0.4) is 0 Å². The van der Waals surface area contributed by atoms with Crippen LogP contribution >= 0.6 is 0 Å². The van der Waals surface area contributed by atoms with Crippen LogP contribution in [0.1, 0.15) is 11.4 Å². The monoisotopic (exact) mass is 222 g/mol. The van der Waals surface area contributed by atoms with Gasteiger partial charge in [-0.05, 0) is 37.1 Å². The molecule has 2 heteroatoms. The van der Waals surface area contributed by atoms with Gasteiger partial charge in [-0.1, -0.05) is 35.9 Å². The van der Waals surface area contributed by atoms with Crippen LogP contribution in [-0.2, 0) is 0 Å². The number of benzene rings is 2. The molecule has 2 nitrogen and oxygen atoms in total. The van der Waals surface area contributed by atoms with Crippen LogP contribution in [0.25, 0.3) is 22.2 Å². The quantitative estimate of drug-likeness (QED) is 0.665. The van der Waals surface area contributed by atoms with E-state index in [0.717, 1.165) is 16.9 Å². The van der Waals surface area contributed by atoms with Crippen molar-refractivity contribution in [2.45, 2.75) is 13.8 Å². The van der Waals surface area contributed by atoms with Crippen molar-refractivity contribution in [3.05, 3.63) is 53.9 Å². The van der Waals surface area contributed by atoms with Crippen molar-refractivity contribution < 1.29 is 0 Å². The standard InChI is InChI=1S/C15H14N2/c1-10-3-5-12(6-4-10)13-7-8-14-15(9-13)17-11(2)16-14/h3-9H,1-2H3,(H,16,17). The molecule has 3 aromatic rings. The molecule has 1 heterocycles. The highest BCUT2D eigenvalue weighted by Crippen LogP contribution is 2.23. The number of imidazole rings is 1. The Labute approximate surface area is 100 Å². The average Bonchev–Trinajstić information content (AvgIpc) is 2.69. The number of nitrogens with zero attached hydrogens (tertiary/aromatic N) is 1. The number of rotatable bonds is 1. The molecular weight excluding hydrogens is 208 g/mol. The Balaban J connectivity index is 2.13. The normalized spacial score (nSPS) is 10.9. The van der Waals surface area contributed by atoms with Gasteiger partial charge in [0.2, 0.25) is 0 Å². The van der Waals surface area contributed by atoms with Crippen LogP contribution in [0.15, 0.2) is 42.5 Å². The van der Waals surface area contributed by atoms with E-state index in [1.54, 1.807) is 0 Å². The number of nitrogens with one attached hydrogen (secondary N) is 1. The number of aromatic nitrogens is 2. The summed E-state index contributed by atoms with van der Waals surface area (Å²) in [7, 11) is 0. The first-order valence-corrected chi connectivity index (χ1v) is 5.76. The molecule has 0 aliphatic carbocycles. The van der Waals surface area contributed by atoms with E-state index >= 15 is 0 Å². The largest absolute Gasteiger partial charge is 0.342 e. The second-order valence-corrected chi connectivity index (χ2v) is 4.42. The van der Waals surface area contributed by atoms with Crippen molar-refractivity contribution in [2.75, 3.05) is 0 Å². The van der Waals surface area contributed by atoms with Crippen LogP contribution in [0.4, 0.5) is 0 Å². The summed E-state index contributed by atoms with van der Waals surface area (Å²) in [6, 6.07) is 14.9. The maximum absolute atomic E-state index is 4.41. The van der Waals surface area contributed by atoms with E-state index in [1.807, 2.05) is 6.92 Å². The van der Waals surface area contributed by atoms with E-state index in [0.29, 0.717) is 0 Å². The lowest BCUT2D eigenvalue weighted by atomic mass is 10.0. The Morgan fingerprint density at radius 1 is 0.882 bits per heavy atom. The first kappa shape index (κ1) is 10.1. The molecule has 1 aromatic heterocycles. The Morgan fingerprint density at radius 3 is 2.35 bits per heavy atom. The van der Waals surface area contributed by atoms with E-state index in [1.165, 1.54) is 16.7 Å². The zero-order chi connectivity index (χ0) is 11.8. The van der Waals surface area contributed by atoms with Crippen molar-refractivity contribution in [3.8, 4) is 11.1 Å². The van der Waals surface area contributed by atoms with E-state index in [-0.39, 0.29) is 0 Å². The van der Waals surface area contributed by atoms with Crippen molar-refractivity contribution in [1.29, 1.82) is 0 Å². The number of H-pyrrole nitrogens is 1. The second kappa shape index (κ2) is 3.74. The molecule has 17 heavy (non-hydrogen) atoms. The maximum atomic E-state index is 4.41. The highest BCUT2D eigenvalue weighted by Gasteiger charge is 2.02. The Kier molecular flexibility index (Phi) is 2.22. The number of hydrogen-bond acceptors (Lipinski definition) is 1. The Bertz CT molecular complexity index is 663. The van der Waals surface area contributed by atoms with Gasteiger partial charge in [0.15, 0.2) is 0 Å². The van der Waals surface area contributed by atoms with Gasteiger partial charge in [0.05, 0.1) is 11.0 Å². The van der Waals surface area contributed by atoms with Crippen molar-refractivity contribution in [2.24, 2.45) is 0 Å². The fourth-order valence-corrected chi connectivity index (χ4v) is 2.06. The minimum Gasteiger partial charge on any atom is -0.342 e. The Morgan fingerprint density at radius 2 is 1.59 bits per heavy atom. The zero-order valence-corrected chi connectivity index (χ0v) is 9.99. The molecule has 1 N–H and O–H groups in total. The van der Waals surface area contributed by atoms with E-state index in [4.69, 9.17) is 0 Å². The van der Waals surface area contributed by atoms with E-state index < -0.39 is 0 Å². The topological polar surface area (TPSA) is 28.7 Å². The molecule has 0 aliphatic heterocycles. The fourth-order valence-electron chi connectivity index (χ4n) is 2.06. The molecule has 84 valence electrons. The highest BCUT2D eigenvalue weighted by molar-refractivity contribution is 5.81. The molecule has 0 spiro atoms. The van der Waals surface area contributed by atoms with Gasteiger partial charge in [0, 0.05) is 0 Å². The van der Waals surface area contributed by atoms with Crippen LogP contribution in [0.2, 0.25) is 0 Å². The first-order chi connectivity index (χ1) is 8.22. The van der Waals surface area contributed by atoms with Gasteiger partial charge in [-0.25, -0.2) is 4.98 Å². The lowest BCUT2D eigenvalue weighted by Gasteiger charge is -2.02. The summed E-state index contributed by atoms with van der Waals surface area (Å²) in [6.07, 6.45) is 0. The van der Waals surface area contributed by atoms with Gasteiger partial charge in [-0.2, -0.15) is 0 Å². The predicted octanol–water partition coefficient (Wildman–Crippen LogP) is 3.85. The molecule has 0 radical (unpaired) electrons. The summed E-state index contributed by atoms with van der Waals surface area (Å²) in [5.41, 5.74) is 5.87. The van der Waals surface area contributed by atoms with Crippen LogP contribution in [0.5, 0.6) is 0 Å². The number of fused-ring (bicyclic) bond motifs is 1. The average molecular weight is 222 g/mol. The third-order valence-electron chi connectivity index (χ3n) is 2.99. The van der Waals surface area contributed by atoms with Gasteiger partial charge in [-0.15, -0.1) is 0 Å². The molecular formula is C15H14N2.